The van der Waals surface area contributed by atoms with Crippen molar-refractivity contribution in [3.8, 4) is 0 Å². The van der Waals surface area contributed by atoms with Crippen LogP contribution < -0.4 is 10.6 Å². The van der Waals surface area contributed by atoms with E-state index in [1.54, 1.807) is 18.2 Å². The molecular formula is C10H12BrN3O3. The van der Waals surface area contributed by atoms with Crippen molar-refractivity contribution in [1.29, 1.82) is 0 Å². The van der Waals surface area contributed by atoms with E-state index >= 15 is 0 Å². The van der Waals surface area contributed by atoms with Crippen LogP contribution in [-0.4, -0.2) is 35.2 Å². The average molecular weight is 302 g/mol. The molecule has 0 aliphatic heterocycles. The van der Waals surface area contributed by atoms with E-state index in [4.69, 9.17) is 5.11 Å². The van der Waals surface area contributed by atoms with Crippen LogP contribution >= 0.6 is 15.9 Å². The van der Waals surface area contributed by atoms with Crippen LogP contribution in [0.1, 0.15) is 16.9 Å². The summed E-state index contributed by atoms with van der Waals surface area (Å²) in [6.45, 7) is 0.703. The Bertz CT molecular complexity index is 412. The maximum Gasteiger partial charge on any atom is 0.404 e. The van der Waals surface area contributed by atoms with Gasteiger partial charge in [0.2, 0.25) is 0 Å². The fourth-order valence-corrected chi connectivity index (χ4v) is 1.45. The lowest BCUT2D eigenvalue weighted by Gasteiger charge is -2.04. The van der Waals surface area contributed by atoms with E-state index in [2.05, 4.69) is 31.5 Å². The first kappa shape index (κ1) is 13.4. The number of amides is 2. The molecule has 0 aliphatic carbocycles. The molecule has 1 heterocycles. The summed E-state index contributed by atoms with van der Waals surface area (Å²) in [7, 11) is 0. The third kappa shape index (κ3) is 5.30. The maximum absolute atomic E-state index is 11.6. The predicted octanol–water partition coefficient (Wildman–Crippen LogP) is 1.23. The Hall–Kier alpha value is -1.63. The number of nitrogens with one attached hydrogen (secondary N) is 2. The minimum atomic E-state index is -1.06. The number of carboxylic acid groups (broad SMARTS) is 1. The number of carbonyl (C=O) groups excluding carboxylic acids is 1. The fourth-order valence-electron chi connectivity index (χ4n) is 1.11. The maximum atomic E-state index is 11.6. The van der Waals surface area contributed by atoms with Crippen molar-refractivity contribution >= 4 is 27.9 Å². The number of pyridine rings is 1. The highest BCUT2D eigenvalue weighted by Gasteiger charge is 2.06. The Morgan fingerprint density at radius 3 is 2.65 bits per heavy atom. The number of hydrogen-bond acceptors (Lipinski definition) is 3. The van der Waals surface area contributed by atoms with Gasteiger partial charge in [0.15, 0.2) is 0 Å². The van der Waals surface area contributed by atoms with Crippen LogP contribution in [0.2, 0.25) is 0 Å². The van der Waals surface area contributed by atoms with E-state index in [0.29, 0.717) is 29.8 Å². The summed E-state index contributed by atoms with van der Waals surface area (Å²) in [5.74, 6) is -0.276. The van der Waals surface area contributed by atoms with Crippen LogP contribution in [0.3, 0.4) is 0 Å². The largest absolute Gasteiger partial charge is 0.465 e. The summed E-state index contributed by atoms with van der Waals surface area (Å²) in [4.78, 5) is 25.7. The van der Waals surface area contributed by atoms with Gasteiger partial charge in [0.05, 0.1) is 0 Å². The van der Waals surface area contributed by atoms with E-state index in [-0.39, 0.29) is 5.91 Å². The first-order chi connectivity index (χ1) is 8.09. The SMILES string of the molecule is O=C(O)NCCCNC(=O)c1cccc(Br)n1. The highest BCUT2D eigenvalue weighted by molar-refractivity contribution is 9.10. The lowest BCUT2D eigenvalue weighted by Crippen LogP contribution is -2.29. The standard InChI is InChI=1S/C10H12BrN3O3/c11-8-4-1-3-7(14-8)9(15)12-5-2-6-13-10(16)17/h1,3-4,13H,2,5-6H2,(H,12,15)(H,16,17). The molecule has 0 unspecified atom stereocenters. The summed E-state index contributed by atoms with van der Waals surface area (Å²) in [5, 5.41) is 13.2. The van der Waals surface area contributed by atoms with Gasteiger partial charge in [-0.1, -0.05) is 6.07 Å². The molecule has 0 aromatic carbocycles. The topological polar surface area (TPSA) is 91.3 Å². The van der Waals surface area contributed by atoms with Crippen molar-refractivity contribution in [2.45, 2.75) is 6.42 Å². The quantitative estimate of drug-likeness (QED) is 0.563. The van der Waals surface area contributed by atoms with Gasteiger partial charge in [-0.15, -0.1) is 0 Å². The molecule has 7 heteroatoms. The average Bonchev–Trinajstić information content (AvgIpc) is 2.28. The number of halogens is 1. The predicted molar refractivity (Wildman–Crippen MR) is 64.9 cm³/mol. The Labute approximate surface area is 107 Å². The monoisotopic (exact) mass is 301 g/mol. The van der Waals surface area contributed by atoms with Crippen LogP contribution in [0.25, 0.3) is 0 Å². The Morgan fingerprint density at radius 1 is 1.29 bits per heavy atom. The van der Waals surface area contributed by atoms with Gasteiger partial charge in [-0.3, -0.25) is 4.79 Å². The third-order valence-electron chi connectivity index (χ3n) is 1.86. The van der Waals surface area contributed by atoms with Crippen molar-refractivity contribution in [3.05, 3.63) is 28.5 Å². The molecule has 1 aromatic rings. The molecule has 0 spiro atoms. The Balaban J connectivity index is 2.28. The summed E-state index contributed by atoms with van der Waals surface area (Å²) >= 11 is 3.17. The summed E-state index contributed by atoms with van der Waals surface area (Å²) in [6, 6.07) is 5.06. The molecule has 0 fully saturated rings. The summed E-state index contributed by atoms with van der Waals surface area (Å²) < 4.78 is 0.595. The lowest BCUT2D eigenvalue weighted by molar-refractivity contribution is 0.0948. The molecule has 0 aliphatic rings. The smallest absolute Gasteiger partial charge is 0.404 e. The second kappa shape index (κ2) is 6.85. The van der Waals surface area contributed by atoms with E-state index < -0.39 is 6.09 Å². The van der Waals surface area contributed by atoms with Gasteiger partial charge in [-0.25, -0.2) is 9.78 Å². The summed E-state index contributed by atoms with van der Waals surface area (Å²) in [6.07, 6.45) is -0.531. The number of rotatable bonds is 5. The fraction of sp³-hybridized carbons (Fsp3) is 0.300. The van der Waals surface area contributed by atoms with E-state index in [9.17, 15) is 9.59 Å². The van der Waals surface area contributed by atoms with Crippen molar-refractivity contribution in [1.82, 2.24) is 15.6 Å². The zero-order valence-electron chi connectivity index (χ0n) is 8.94. The van der Waals surface area contributed by atoms with E-state index in [1.807, 2.05) is 0 Å². The normalized spacial score (nSPS) is 9.71. The highest BCUT2D eigenvalue weighted by atomic mass is 79.9. The van der Waals surface area contributed by atoms with Gasteiger partial charge in [-0.05, 0) is 34.5 Å². The molecule has 0 bridgehead atoms. The minimum Gasteiger partial charge on any atom is -0.465 e. The van der Waals surface area contributed by atoms with Crippen molar-refractivity contribution in [3.63, 3.8) is 0 Å². The molecule has 0 atom stereocenters. The lowest BCUT2D eigenvalue weighted by atomic mass is 10.3. The van der Waals surface area contributed by atoms with E-state index in [1.165, 1.54) is 0 Å². The molecule has 1 aromatic heterocycles. The highest BCUT2D eigenvalue weighted by Crippen LogP contribution is 2.05. The van der Waals surface area contributed by atoms with Crippen LogP contribution in [0.4, 0.5) is 4.79 Å². The first-order valence-corrected chi connectivity index (χ1v) is 5.76. The molecule has 0 saturated heterocycles. The zero-order valence-corrected chi connectivity index (χ0v) is 10.5. The molecule has 17 heavy (non-hydrogen) atoms. The second-order valence-corrected chi connectivity index (χ2v) is 4.00. The number of carbonyl (C=O) groups is 2. The molecular weight excluding hydrogens is 290 g/mol. The Kier molecular flexibility index (Phi) is 5.41. The van der Waals surface area contributed by atoms with Crippen LogP contribution in [0.15, 0.2) is 22.8 Å². The number of aromatic nitrogens is 1. The second-order valence-electron chi connectivity index (χ2n) is 3.19. The van der Waals surface area contributed by atoms with E-state index in [0.717, 1.165) is 0 Å². The summed E-state index contributed by atoms with van der Waals surface area (Å²) in [5.41, 5.74) is 0.325. The third-order valence-corrected chi connectivity index (χ3v) is 2.30. The molecule has 2 amide bonds. The van der Waals surface area contributed by atoms with Gasteiger partial charge < -0.3 is 15.7 Å². The van der Waals surface area contributed by atoms with Crippen molar-refractivity contribution < 1.29 is 14.7 Å². The van der Waals surface area contributed by atoms with Gasteiger partial charge in [0.25, 0.3) is 5.91 Å². The first-order valence-electron chi connectivity index (χ1n) is 4.97. The van der Waals surface area contributed by atoms with Gasteiger partial charge in [0.1, 0.15) is 10.3 Å². The molecule has 1 rings (SSSR count). The van der Waals surface area contributed by atoms with Gasteiger partial charge >= 0.3 is 6.09 Å². The minimum absolute atomic E-state index is 0.276. The molecule has 0 saturated carbocycles. The van der Waals surface area contributed by atoms with Crippen molar-refractivity contribution in [2.75, 3.05) is 13.1 Å². The van der Waals surface area contributed by atoms with Gasteiger partial charge in [0, 0.05) is 13.1 Å². The number of hydrogen-bond donors (Lipinski definition) is 3. The van der Waals surface area contributed by atoms with Crippen LogP contribution in [0, 0.1) is 0 Å². The van der Waals surface area contributed by atoms with Gasteiger partial charge in [-0.2, -0.15) is 0 Å². The van der Waals surface area contributed by atoms with Crippen LogP contribution in [0.5, 0.6) is 0 Å². The number of nitrogens with zero attached hydrogens (tertiary/aromatic N) is 1. The molecule has 92 valence electrons. The van der Waals surface area contributed by atoms with Crippen molar-refractivity contribution in [2.24, 2.45) is 0 Å². The zero-order chi connectivity index (χ0) is 12.7. The molecule has 3 N–H and O–H groups in total. The molecule has 6 nitrogen and oxygen atoms in total. The molecule has 0 radical (unpaired) electrons. The Morgan fingerprint density at radius 2 is 2.00 bits per heavy atom. The van der Waals surface area contributed by atoms with Crippen LogP contribution in [-0.2, 0) is 0 Å².